The average Bonchev–Trinajstić information content (AvgIpc) is 2.45. The van der Waals surface area contributed by atoms with Gasteiger partial charge in [0.15, 0.2) is 0 Å². The van der Waals surface area contributed by atoms with Crippen molar-refractivity contribution in [3.63, 3.8) is 0 Å². The molecule has 0 aliphatic carbocycles. The second-order valence-corrected chi connectivity index (χ2v) is 4.05. The third-order valence-corrected chi connectivity index (χ3v) is 2.66. The van der Waals surface area contributed by atoms with Crippen LogP contribution in [0.3, 0.4) is 0 Å². The number of hydrogen-bond donors (Lipinski definition) is 0. The molecule has 0 unspecified atom stereocenters. The van der Waals surface area contributed by atoms with Crippen LogP contribution in [0.2, 0.25) is 0 Å². The van der Waals surface area contributed by atoms with E-state index < -0.39 is 11.7 Å². The van der Waals surface area contributed by atoms with Gasteiger partial charge < -0.3 is 4.74 Å². The Hall–Kier alpha value is -2.30. The summed E-state index contributed by atoms with van der Waals surface area (Å²) in [5.41, 5.74) is -0.220. The molecule has 0 saturated carbocycles. The second-order valence-electron chi connectivity index (χ2n) is 4.05. The molecule has 0 aliphatic heterocycles. The van der Waals surface area contributed by atoms with Crippen molar-refractivity contribution in [1.82, 2.24) is 0 Å². The second kappa shape index (κ2) is 5.77. The molecule has 0 heterocycles. The molecule has 2 aromatic carbocycles. The van der Waals surface area contributed by atoms with Gasteiger partial charge in [-0.15, -0.1) is 0 Å². The number of rotatable bonds is 3. The summed E-state index contributed by atoms with van der Waals surface area (Å²) in [5, 5.41) is 0. The van der Waals surface area contributed by atoms with Crippen LogP contribution in [0.25, 0.3) is 0 Å². The number of ether oxygens (including phenoxy) is 1. The van der Waals surface area contributed by atoms with Gasteiger partial charge in [0, 0.05) is 6.21 Å². The van der Waals surface area contributed by atoms with Gasteiger partial charge in [-0.1, -0.05) is 30.3 Å². The predicted molar refractivity (Wildman–Crippen MR) is 71.7 cm³/mol. The van der Waals surface area contributed by atoms with E-state index in [0.29, 0.717) is 0 Å². The van der Waals surface area contributed by atoms with E-state index in [9.17, 15) is 13.2 Å². The Kier molecular flexibility index (Phi) is 4.08. The van der Waals surface area contributed by atoms with Gasteiger partial charge in [0.25, 0.3) is 0 Å². The topological polar surface area (TPSA) is 21.6 Å². The molecule has 0 radical (unpaired) electrons. The van der Waals surface area contributed by atoms with Crippen LogP contribution in [0, 0.1) is 0 Å². The Labute approximate surface area is 114 Å². The molecule has 0 spiro atoms. The van der Waals surface area contributed by atoms with Gasteiger partial charge in [0.1, 0.15) is 5.75 Å². The van der Waals surface area contributed by atoms with Crippen LogP contribution in [0.1, 0.15) is 11.1 Å². The quantitative estimate of drug-likeness (QED) is 0.760. The number of methoxy groups -OCH3 is 1. The molecular weight excluding hydrogens is 267 g/mol. The van der Waals surface area contributed by atoms with E-state index in [4.69, 9.17) is 4.74 Å². The minimum atomic E-state index is -4.47. The molecule has 5 heteroatoms. The molecule has 2 aromatic rings. The lowest BCUT2D eigenvalue weighted by Crippen LogP contribution is -2.05. The van der Waals surface area contributed by atoms with E-state index in [2.05, 4.69) is 4.99 Å². The minimum absolute atomic E-state index is 0.137. The van der Waals surface area contributed by atoms with E-state index >= 15 is 0 Å². The Morgan fingerprint density at radius 3 is 2.35 bits per heavy atom. The van der Waals surface area contributed by atoms with Crippen molar-refractivity contribution in [3.8, 4) is 5.75 Å². The number of aliphatic imine (C=N–C) groups is 1. The van der Waals surface area contributed by atoms with E-state index in [1.54, 1.807) is 24.3 Å². The van der Waals surface area contributed by atoms with Gasteiger partial charge >= 0.3 is 6.18 Å². The zero-order valence-corrected chi connectivity index (χ0v) is 10.7. The van der Waals surface area contributed by atoms with Crippen LogP contribution in [0.5, 0.6) is 5.75 Å². The molecule has 0 saturated heterocycles. The maximum Gasteiger partial charge on any atom is 0.418 e. The van der Waals surface area contributed by atoms with E-state index in [-0.39, 0.29) is 11.4 Å². The van der Waals surface area contributed by atoms with Crippen LogP contribution in [0.15, 0.2) is 53.5 Å². The molecule has 2 nitrogen and oxygen atoms in total. The first-order valence-electron chi connectivity index (χ1n) is 5.85. The SMILES string of the molecule is COc1ccc(N=Cc2ccccc2)c(C(F)(F)F)c1. The molecule has 0 bridgehead atoms. The van der Waals surface area contributed by atoms with E-state index in [1.807, 2.05) is 6.07 Å². The zero-order valence-electron chi connectivity index (χ0n) is 10.7. The van der Waals surface area contributed by atoms with Gasteiger partial charge in [-0.2, -0.15) is 13.2 Å². The van der Waals surface area contributed by atoms with E-state index in [1.165, 1.54) is 25.5 Å². The van der Waals surface area contributed by atoms with Crippen LogP contribution < -0.4 is 4.74 Å². The normalized spacial score (nSPS) is 11.8. The Morgan fingerprint density at radius 1 is 1.05 bits per heavy atom. The summed E-state index contributed by atoms with van der Waals surface area (Å²) in [6.07, 6.45) is -3.07. The average molecular weight is 279 g/mol. The van der Waals surface area contributed by atoms with Gasteiger partial charge in [-0.05, 0) is 23.8 Å². The summed E-state index contributed by atoms with van der Waals surface area (Å²) in [6.45, 7) is 0. The van der Waals surface area contributed by atoms with Gasteiger partial charge in [-0.3, -0.25) is 4.99 Å². The molecule has 2 rings (SSSR count). The monoisotopic (exact) mass is 279 g/mol. The summed E-state index contributed by atoms with van der Waals surface area (Å²) in [5.74, 6) is 0.149. The van der Waals surface area contributed by atoms with Crippen molar-refractivity contribution in [2.24, 2.45) is 4.99 Å². The summed E-state index contributed by atoms with van der Waals surface area (Å²) in [6, 6.07) is 12.6. The van der Waals surface area contributed by atoms with Crippen molar-refractivity contribution in [1.29, 1.82) is 0 Å². The van der Waals surface area contributed by atoms with Crippen molar-refractivity contribution in [2.75, 3.05) is 7.11 Å². The fourth-order valence-corrected chi connectivity index (χ4v) is 1.66. The molecule has 20 heavy (non-hydrogen) atoms. The first kappa shape index (κ1) is 14.1. The van der Waals surface area contributed by atoms with Gasteiger partial charge in [0.2, 0.25) is 0 Å². The summed E-state index contributed by atoms with van der Waals surface area (Å²) < 4.78 is 43.7. The fraction of sp³-hybridized carbons (Fsp3) is 0.133. The first-order chi connectivity index (χ1) is 9.50. The van der Waals surface area contributed by atoms with Crippen LogP contribution in [-0.2, 0) is 6.18 Å². The highest BCUT2D eigenvalue weighted by Gasteiger charge is 2.34. The highest BCUT2D eigenvalue weighted by Crippen LogP contribution is 2.38. The van der Waals surface area contributed by atoms with Crippen LogP contribution in [0.4, 0.5) is 18.9 Å². The number of benzene rings is 2. The molecule has 0 atom stereocenters. The minimum Gasteiger partial charge on any atom is -0.497 e. The number of halogens is 3. The van der Waals surface area contributed by atoms with Crippen LogP contribution >= 0.6 is 0 Å². The molecular formula is C15H12F3NO. The molecule has 0 aromatic heterocycles. The zero-order chi connectivity index (χ0) is 14.6. The molecule has 0 fully saturated rings. The maximum absolute atomic E-state index is 13.0. The van der Waals surface area contributed by atoms with Crippen molar-refractivity contribution in [2.45, 2.75) is 6.18 Å². The standard InChI is InChI=1S/C15H12F3NO/c1-20-12-7-8-14(13(9-12)15(16,17)18)19-10-11-5-3-2-4-6-11/h2-10H,1H3. The number of alkyl halides is 3. The number of nitrogens with zero attached hydrogens (tertiary/aromatic N) is 1. The van der Waals surface area contributed by atoms with Gasteiger partial charge in [0.05, 0.1) is 18.4 Å². The lowest BCUT2D eigenvalue weighted by atomic mass is 10.1. The highest BCUT2D eigenvalue weighted by molar-refractivity contribution is 5.82. The summed E-state index contributed by atoms with van der Waals surface area (Å²) in [4.78, 5) is 3.92. The van der Waals surface area contributed by atoms with Crippen LogP contribution in [-0.4, -0.2) is 13.3 Å². The van der Waals surface area contributed by atoms with Gasteiger partial charge in [-0.25, -0.2) is 0 Å². The molecule has 0 N–H and O–H groups in total. The van der Waals surface area contributed by atoms with E-state index in [0.717, 1.165) is 11.6 Å². The molecule has 0 amide bonds. The summed E-state index contributed by atoms with van der Waals surface area (Å²) >= 11 is 0. The Morgan fingerprint density at radius 2 is 1.75 bits per heavy atom. The first-order valence-corrected chi connectivity index (χ1v) is 5.85. The summed E-state index contributed by atoms with van der Waals surface area (Å²) in [7, 11) is 1.32. The lowest BCUT2D eigenvalue weighted by Gasteiger charge is -2.11. The fourth-order valence-electron chi connectivity index (χ4n) is 1.66. The number of hydrogen-bond acceptors (Lipinski definition) is 2. The van der Waals surface area contributed by atoms with Crippen molar-refractivity contribution >= 4 is 11.9 Å². The maximum atomic E-state index is 13.0. The lowest BCUT2D eigenvalue weighted by molar-refractivity contribution is -0.137. The highest BCUT2D eigenvalue weighted by atomic mass is 19.4. The Balaban J connectivity index is 2.39. The van der Waals surface area contributed by atoms with Crippen molar-refractivity contribution < 1.29 is 17.9 Å². The third-order valence-electron chi connectivity index (χ3n) is 2.66. The third kappa shape index (κ3) is 3.38. The Bertz CT molecular complexity index is 606. The predicted octanol–water partition coefficient (Wildman–Crippen LogP) is 4.46. The largest absolute Gasteiger partial charge is 0.497 e. The van der Waals surface area contributed by atoms with Crippen molar-refractivity contribution in [3.05, 3.63) is 59.7 Å². The molecule has 0 aliphatic rings. The molecule has 104 valence electrons. The smallest absolute Gasteiger partial charge is 0.418 e.